The van der Waals surface area contributed by atoms with Crippen LogP contribution < -0.4 is 24.3 Å². The van der Waals surface area contributed by atoms with Crippen molar-refractivity contribution in [1.82, 2.24) is 5.32 Å². The SMILES string of the molecule is COc1ccc(CCCNCCC[C@@](C#N)(c2ccc(OC)c(OC)c2)C(C)C)cc1OC.Cl. The molecule has 0 amide bonds. The average molecular weight is 491 g/mol. The molecule has 0 aliphatic carbocycles. The molecular weight excluding hydrogens is 452 g/mol. The summed E-state index contributed by atoms with van der Waals surface area (Å²) in [5, 5.41) is 13.7. The summed E-state index contributed by atoms with van der Waals surface area (Å²) in [7, 11) is 6.54. The minimum Gasteiger partial charge on any atom is -0.493 e. The molecule has 34 heavy (non-hydrogen) atoms. The first-order chi connectivity index (χ1) is 15.9. The Morgan fingerprint density at radius 3 is 1.94 bits per heavy atom. The van der Waals surface area contributed by atoms with Crippen LogP contribution >= 0.6 is 12.4 Å². The topological polar surface area (TPSA) is 72.7 Å². The van der Waals surface area contributed by atoms with Gasteiger partial charge in [0.2, 0.25) is 0 Å². The third-order valence-corrected chi connectivity index (χ3v) is 6.28. The third-order valence-electron chi connectivity index (χ3n) is 6.28. The number of hydrogen-bond donors (Lipinski definition) is 1. The van der Waals surface area contributed by atoms with Crippen molar-refractivity contribution in [3.63, 3.8) is 0 Å². The van der Waals surface area contributed by atoms with Crippen LogP contribution in [0.4, 0.5) is 0 Å². The molecule has 0 saturated carbocycles. The van der Waals surface area contributed by atoms with E-state index in [1.54, 1.807) is 28.4 Å². The average Bonchev–Trinajstić information content (AvgIpc) is 2.85. The highest BCUT2D eigenvalue weighted by Crippen LogP contribution is 2.40. The number of halogens is 1. The van der Waals surface area contributed by atoms with Crippen LogP contribution in [-0.4, -0.2) is 41.5 Å². The van der Waals surface area contributed by atoms with Crippen molar-refractivity contribution in [3.8, 4) is 29.1 Å². The van der Waals surface area contributed by atoms with E-state index in [4.69, 9.17) is 18.9 Å². The van der Waals surface area contributed by atoms with Gasteiger partial charge in [0, 0.05) is 0 Å². The number of ether oxygens (including phenoxy) is 4. The molecule has 2 aromatic rings. The van der Waals surface area contributed by atoms with Gasteiger partial charge in [-0.1, -0.05) is 26.0 Å². The fourth-order valence-electron chi connectivity index (χ4n) is 4.20. The fourth-order valence-corrected chi connectivity index (χ4v) is 4.20. The second-order valence-electron chi connectivity index (χ2n) is 8.45. The summed E-state index contributed by atoms with van der Waals surface area (Å²) in [5.41, 5.74) is 1.64. The summed E-state index contributed by atoms with van der Waals surface area (Å²) in [6, 6.07) is 14.5. The van der Waals surface area contributed by atoms with Gasteiger partial charge in [-0.2, -0.15) is 5.26 Å². The number of hydrogen-bond acceptors (Lipinski definition) is 6. The summed E-state index contributed by atoms with van der Waals surface area (Å²) < 4.78 is 21.5. The smallest absolute Gasteiger partial charge is 0.161 e. The normalized spacial score (nSPS) is 12.3. The van der Waals surface area contributed by atoms with E-state index in [9.17, 15) is 5.26 Å². The first kappa shape index (κ1) is 29.4. The summed E-state index contributed by atoms with van der Waals surface area (Å²) in [6.45, 7) is 6.01. The maximum Gasteiger partial charge on any atom is 0.161 e. The van der Waals surface area contributed by atoms with Crippen molar-refractivity contribution in [2.45, 2.75) is 44.9 Å². The molecule has 0 fully saturated rings. The molecule has 0 bridgehead atoms. The summed E-state index contributed by atoms with van der Waals surface area (Å²) in [6.07, 6.45) is 3.68. The highest BCUT2D eigenvalue weighted by molar-refractivity contribution is 5.85. The van der Waals surface area contributed by atoms with E-state index in [2.05, 4.69) is 31.3 Å². The van der Waals surface area contributed by atoms with E-state index in [0.29, 0.717) is 11.5 Å². The van der Waals surface area contributed by atoms with Gasteiger partial charge in [-0.15, -0.1) is 12.4 Å². The minimum atomic E-state index is -0.569. The van der Waals surface area contributed by atoms with Gasteiger partial charge in [-0.25, -0.2) is 0 Å². The van der Waals surface area contributed by atoms with Crippen molar-refractivity contribution < 1.29 is 18.9 Å². The Labute approximate surface area is 211 Å². The van der Waals surface area contributed by atoms with Crippen LogP contribution in [-0.2, 0) is 11.8 Å². The number of methoxy groups -OCH3 is 4. The summed E-state index contributed by atoms with van der Waals surface area (Å²) in [5.74, 6) is 3.02. The lowest BCUT2D eigenvalue weighted by molar-refractivity contribution is 0.341. The molecule has 6 nitrogen and oxygen atoms in total. The molecule has 7 heteroatoms. The highest BCUT2D eigenvalue weighted by atomic mass is 35.5. The molecule has 0 aromatic heterocycles. The lowest BCUT2D eigenvalue weighted by Crippen LogP contribution is -2.32. The van der Waals surface area contributed by atoms with E-state index in [0.717, 1.165) is 55.8 Å². The molecule has 2 aromatic carbocycles. The Morgan fingerprint density at radius 1 is 0.824 bits per heavy atom. The van der Waals surface area contributed by atoms with Crippen LogP contribution in [0.3, 0.4) is 0 Å². The van der Waals surface area contributed by atoms with Crippen molar-refractivity contribution in [2.75, 3.05) is 41.5 Å². The quantitative estimate of drug-likeness (QED) is 0.349. The van der Waals surface area contributed by atoms with Crippen LogP contribution in [0, 0.1) is 17.2 Å². The predicted octanol–water partition coefficient (Wildman–Crippen LogP) is 5.56. The second-order valence-corrected chi connectivity index (χ2v) is 8.45. The molecule has 0 heterocycles. The van der Waals surface area contributed by atoms with Gasteiger partial charge in [0.1, 0.15) is 0 Å². The first-order valence-electron chi connectivity index (χ1n) is 11.5. The van der Waals surface area contributed by atoms with Gasteiger partial charge in [0.15, 0.2) is 23.0 Å². The molecule has 0 aliphatic heterocycles. The fraction of sp³-hybridized carbons (Fsp3) is 0.519. The van der Waals surface area contributed by atoms with Crippen LogP contribution in [0.1, 0.15) is 44.2 Å². The zero-order valence-corrected chi connectivity index (χ0v) is 22.1. The Hall–Kier alpha value is -2.62. The Balaban J connectivity index is 0.00000578. The molecule has 1 atom stereocenters. The maximum absolute atomic E-state index is 10.2. The van der Waals surface area contributed by atoms with Gasteiger partial charge in [-0.3, -0.25) is 0 Å². The molecular formula is C27H39ClN2O4. The predicted molar refractivity (Wildman–Crippen MR) is 139 cm³/mol. The summed E-state index contributed by atoms with van der Waals surface area (Å²) >= 11 is 0. The van der Waals surface area contributed by atoms with Crippen LogP contribution in [0.25, 0.3) is 0 Å². The van der Waals surface area contributed by atoms with E-state index in [1.165, 1.54) is 5.56 Å². The van der Waals surface area contributed by atoms with Crippen molar-refractivity contribution in [2.24, 2.45) is 5.92 Å². The summed E-state index contributed by atoms with van der Waals surface area (Å²) in [4.78, 5) is 0. The molecule has 0 saturated heterocycles. The number of rotatable bonds is 14. The second kappa shape index (κ2) is 14.6. The van der Waals surface area contributed by atoms with E-state index in [1.807, 2.05) is 30.3 Å². The van der Waals surface area contributed by atoms with Gasteiger partial charge in [-0.05, 0) is 80.1 Å². The number of aryl methyl sites for hydroxylation is 1. The van der Waals surface area contributed by atoms with Crippen molar-refractivity contribution >= 4 is 12.4 Å². The van der Waals surface area contributed by atoms with Gasteiger partial charge in [0.25, 0.3) is 0 Å². The Bertz CT molecular complexity index is 929. The van der Waals surface area contributed by atoms with E-state index in [-0.39, 0.29) is 18.3 Å². The number of nitriles is 1. The lowest BCUT2D eigenvalue weighted by atomic mass is 9.70. The van der Waals surface area contributed by atoms with E-state index < -0.39 is 5.41 Å². The number of nitrogens with zero attached hydrogens (tertiary/aromatic N) is 1. The molecule has 0 spiro atoms. The van der Waals surface area contributed by atoms with Gasteiger partial charge < -0.3 is 24.3 Å². The zero-order chi connectivity index (χ0) is 24.3. The lowest BCUT2D eigenvalue weighted by Gasteiger charge is -2.32. The van der Waals surface area contributed by atoms with Crippen LogP contribution in [0.15, 0.2) is 36.4 Å². The van der Waals surface area contributed by atoms with Crippen LogP contribution in [0.5, 0.6) is 23.0 Å². The number of nitrogens with one attached hydrogen (secondary N) is 1. The first-order valence-corrected chi connectivity index (χ1v) is 11.5. The Kier molecular flexibility index (Phi) is 12.6. The molecule has 0 aliphatic rings. The van der Waals surface area contributed by atoms with Crippen molar-refractivity contribution in [3.05, 3.63) is 47.5 Å². The largest absolute Gasteiger partial charge is 0.493 e. The van der Waals surface area contributed by atoms with E-state index >= 15 is 0 Å². The minimum absolute atomic E-state index is 0. The molecule has 1 N–H and O–H groups in total. The van der Waals surface area contributed by atoms with Crippen molar-refractivity contribution in [1.29, 1.82) is 5.26 Å². The Morgan fingerprint density at radius 2 is 1.38 bits per heavy atom. The van der Waals surface area contributed by atoms with Gasteiger partial charge >= 0.3 is 0 Å². The third kappa shape index (κ3) is 7.19. The number of benzene rings is 2. The highest BCUT2D eigenvalue weighted by Gasteiger charge is 2.36. The standard InChI is InChI=1S/C27H38N2O4.ClH/c1-20(2)27(19-28,22-11-13-24(31-4)26(18-22)33-6)14-8-16-29-15-7-9-21-10-12-23(30-3)25(17-21)32-5;/h10-13,17-18,20,29H,7-9,14-16H2,1-6H3;1H/t27-;/m0./s1. The monoisotopic (exact) mass is 490 g/mol. The van der Waals surface area contributed by atoms with Gasteiger partial charge in [0.05, 0.1) is 39.9 Å². The molecule has 2 rings (SSSR count). The molecule has 0 unspecified atom stereocenters. The molecule has 0 radical (unpaired) electrons. The molecule has 188 valence electrons. The zero-order valence-electron chi connectivity index (χ0n) is 21.3. The van der Waals surface area contributed by atoms with Crippen LogP contribution in [0.2, 0.25) is 0 Å². The maximum atomic E-state index is 10.2.